The summed E-state index contributed by atoms with van der Waals surface area (Å²) in [6, 6.07) is 33.4. The van der Waals surface area contributed by atoms with Crippen molar-refractivity contribution >= 4 is 34.8 Å². The lowest BCUT2D eigenvalue weighted by Gasteiger charge is -2.26. The summed E-state index contributed by atoms with van der Waals surface area (Å²) in [5, 5.41) is 4.37. The molecule has 0 spiro atoms. The lowest BCUT2D eigenvalue weighted by molar-refractivity contribution is -0.00000632. The van der Waals surface area contributed by atoms with Gasteiger partial charge >= 0.3 is 0 Å². The third-order valence-corrected chi connectivity index (χ3v) is 10.7. The van der Waals surface area contributed by atoms with Crippen molar-refractivity contribution in [3.63, 3.8) is 0 Å². The Labute approximate surface area is 213 Å². The summed E-state index contributed by atoms with van der Waals surface area (Å²) in [7, 11) is -1.73. The normalized spacial score (nSPS) is 11.4. The molecule has 3 heteroatoms. The standard InChI is InChI=1S/C30H37ClP.ClH/c31-26-18-7-5-3-1-2-4-6-8-19-27-32(28-20-12-9-13-21-28,29-22-14-10-15-23-29)30-24-16-11-17-25-30;/h8-17,19-25H,1-7,18,26-27H2;1H/q+1;/p-1. The second-order valence-corrected chi connectivity index (χ2v) is 12.3. The molecule has 0 aliphatic heterocycles. The molecule has 176 valence electrons. The molecule has 0 heterocycles. The summed E-state index contributed by atoms with van der Waals surface area (Å²) in [6.07, 6.45) is 16.3. The van der Waals surface area contributed by atoms with E-state index in [4.69, 9.17) is 11.6 Å². The van der Waals surface area contributed by atoms with E-state index < -0.39 is 7.26 Å². The van der Waals surface area contributed by atoms with Gasteiger partial charge in [-0.2, -0.15) is 0 Å². The Morgan fingerprint density at radius 1 is 0.515 bits per heavy atom. The molecule has 0 N–H and O–H groups in total. The minimum Gasteiger partial charge on any atom is -1.00 e. The molecule has 0 fully saturated rings. The smallest absolute Gasteiger partial charge is 0.115 e. The summed E-state index contributed by atoms with van der Waals surface area (Å²) in [5.74, 6) is 0.809. The van der Waals surface area contributed by atoms with Crippen LogP contribution in [0.5, 0.6) is 0 Å². The zero-order valence-corrected chi connectivity index (χ0v) is 22.0. The van der Waals surface area contributed by atoms with Gasteiger partial charge in [0.2, 0.25) is 0 Å². The molecular formula is C30H37Cl2P. The first-order chi connectivity index (χ1) is 15.9. The van der Waals surface area contributed by atoms with E-state index in [1.165, 1.54) is 67.3 Å². The third-order valence-electron chi connectivity index (χ3n) is 6.14. The molecule has 0 saturated heterocycles. The highest BCUT2D eigenvalue weighted by molar-refractivity contribution is 7.95. The number of allylic oxidation sites excluding steroid dienone is 2. The largest absolute Gasteiger partial charge is 1.00 e. The number of benzene rings is 3. The number of hydrogen-bond acceptors (Lipinski definition) is 0. The summed E-state index contributed by atoms with van der Waals surface area (Å²) in [6.45, 7) is 0. The van der Waals surface area contributed by atoms with Crippen LogP contribution in [-0.4, -0.2) is 12.0 Å². The van der Waals surface area contributed by atoms with Crippen molar-refractivity contribution in [1.29, 1.82) is 0 Å². The van der Waals surface area contributed by atoms with Crippen molar-refractivity contribution in [1.82, 2.24) is 0 Å². The second-order valence-electron chi connectivity index (χ2n) is 8.42. The number of rotatable bonds is 14. The molecule has 0 unspecified atom stereocenters. The maximum atomic E-state index is 5.76. The van der Waals surface area contributed by atoms with Crippen LogP contribution in [0.2, 0.25) is 0 Å². The molecule has 3 rings (SSSR count). The Morgan fingerprint density at radius 2 is 0.909 bits per heavy atom. The van der Waals surface area contributed by atoms with E-state index in [0.717, 1.165) is 12.0 Å². The Bertz CT molecular complexity index is 798. The summed E-state index contributed by atoms with van der Waals surface area (Å²) in [4.78, 5) is 0. The SMILES string of the molecule is ClCCCCCCCCCC=CC[P+](c1ccccc1)(c1ccccc1)c1ccccc1.[Cl-]. The number of unbranched alkanes of at least 4 members (excludes halogenated alkanes) is 7. The highest BCUT2D eigenvalue weighted by atomic mass is 35.5. The average Bonchev–Trinajstić information content (AvgIpc) is 2.87. The molecule has 0 radical (unpaired) electrons. The van der Waals surface area contributed by atoms with Crippen LogP contribution in [0.1, 0.15) is 51.4 Å². The Hall–Kier alpha value is -1.59. The molecule has 0 saturated carbocycles. The molecule has 0 aliphatic rings. The highest BCUT2D eigenvalue weighted by Gasteiger charge is 2.43. The van der Waals surface area contributed by atoms with Crippen molar-refractivity contribution in [3.05, 3.63) is 103 Å². The van der Waals surface area contributed by atoms with Gasteiger partial charge in [0.15, 0.2) is 0 Å². The van der Waals surface area contributed by atoms with Gasteiger partial charge in [-0.25, -0.2) is 0 Å². The van der Waals surface area contributed by atoms with Crippen molar-refractivity contribution < 1.29 is 12.4 Å². The van der Waals surface area contributed by atoms with Crippen LogP contribution in [0.3, 0.4) is 0 Å². The molecule has 0 aliphatic carbocycles. The van der Waals surface area contributed by atoms with Crippen molar-refractivity contribution in [3.8, 4) is 0 Å². The average molecular weight is 500 g/mol. The maximum Gasteiger partial charge on any atom is 0.115 e. The topological polar surface area (TPSA) is 0 Å². The second kappa shape index (κ2) is 16.1. The number of halogens is 2. The molecule has 33 heavy (non-hydrogen) atoms. The molecule has 0 amide bonds. The van der Waals surface area contributed by atoms with Gasteiger partial charge in [0, 0.05) is 5.88 Å². The Morgan fingerprint density at radius 3 is 1.33 bits per heavy atom. The first-order valence-electron chi connectivity index (χ1n) is 12.1. The van der Waals surface area contributed by atoms with Crippen LogP contribution in [0.4, 0.5) is 0 Å². The van der Waals surface area contributed by atoms with Crippen molar-refractivity contribution in [2.24, 2.45) is 0 Å². The van der Waals surface area contributed by atoms with Crippen LogP contribution in [0.15, 0.2) is 103 Å². The van der Waals surface area contributed by atoms with Gasteiger partial charge in [-0.15, -0.1) is 11.6 Å². The monoisotopic (exact) mass is 498 g/mol. The fourth-order valence-corrected chi connectivity index (χ4v) is 8.63. The van der Waals surface area contributed by atoms with E-state index in [1.54, 1.807) is 0 Å². The van der Waals surface area contributed by atoms with Gasteiger partial charge in [-0.1, -0.05) is 98.9 Å². The van der Waals surface area contributed by atoms with E-state index >= 15 is 0 Å². The van der Waals surface area contributed by atoms with Crippen LogP contribution < -0.4 is 28.3 Å². The minimum absolute atomic E-state index is 0. The predicted octanol–water partition coefficient (Wildman–Crippen LogP) is 4.90. The zero-order chi connectivity index (χ0) is 22.3. The molecule has 0 bridgehead atoms. The summed E-state index contributed by atoms with van der Waals surface area (Å²) in [5.41, 5.74) is 0. The molecule has 0 nitrogen and oxygen atoms in total. The zero-order valence-electron chi connectivity index (χ0n) is 19.6. The lowest BCUT2D eigenvalue weighted by atomic mass is 10.1. The van der Waals surface area contributed by atoms with Crippen molar-refractivity contribution in [2.45, 2.75) is 51.4 Å². The van der Waals surface area contributed by atoms with Gasteiger partial charge in [0.1, 0.15) is 23.2 Å². The fraction of sp³-hybridized carbons (Fsp3) is 0.333. The van der Waals surface area contributed by atoms with E-state index in [0.29, 0.717) is 0 Å². The van der Waals surface area contributed by atoms with Gasteiger partial charge in [-0.05, 0) is 55.7 Å². The Kier molecular flexibility index (Phi) is 13.5. The predicted molar refractivity (Wildman–Crippen MR) is 147 cm³/mol. The van der Waals surface area contributed by atoms with Gasteiger partial charge in [0.25, 0.3) is 0 Å². The number of hydrogen-bond donors (Lipinski definition) is 0. The van der Waals surface area contributed by atoms with E-state index in [2.05, 4.69) is 103 Å². The summed E-state index contributed by atoms with van der Waals surface area (Å²) < 4.78 is 0. The van der Waals surface area contributed by atoms with Gasteiger partial charge in [0.05, 0.1) is 6.16 Å². The van der Waals surface area contributed by atoms with Crippen LogP contribution in [0, 0.1) is 0 Å². The first-order valence-corrected chi connectivity index (χ1v) is 14.6. The fourth-order valence-electron chi connectivity index (χ4n) is 4.40. The quantitative estimate of drug-likeness (QED) is 0.128. The number of alkyl halides is 1. The molecule has 0 aromatic heterocycles. The van der Waals surface area contributed by atoms with Crippen molar-refractivity contribution in [2.75, 3.05) is 12.0 Å². The van der Waals surface area contributed by atoms with Gasteiger partial charge < -0.3 is 12.4 Å². The summed E-state index contributed by atoms with van der Waals surface area (Å²) >= 11 is 5.76. The molecule has 3 aromatic rings. The van der Waals surface area contributed by atoms with E-state index in [-0.39, 0.29) is 12.4 Å². The molecule has 0 atom stereocenters. The molecular weight excluding hydrogens is 462 g/mol. The third kappa shape index (κ3) is 8.29. The minimum atomic E-state index is -1.73. The van der Waals surface area contributed by atoms with Crippen LogP contribution in [-0.2, 0) is 0 Å². The van der Waals surface area contributed by atoms with E-state index in [9.17, 15) is 0 Å². The first kappa shape index (κ1) is 27.7. The Balaban J connectivity index is 0.00000385. The molecule has 3 aromatic carbocycles. The lowest BCUT2D eigenvalue weighted by Crippen LogP contribution is -3.00. The van der Waals surface area contributed by atoms with Crippen LogP contribution >= 0.6 is 18.9 Å². The maximum absolute atomic E-state index is 5.76. The van der Waals surface area contributed by atoms with Gasteiger partial charge in [-0.3, -0.25) is 0 Å². The highest BCUT2D eigenvalue weighted by Crippen LogP contribution is 2.55. The van der Waals surface area contributed by atoms with Crippen LogP contribution in [0.25, 0.3) is 0 Å². The van der Waals surface area contributed by atoms with E-state index in [1.807, 2.05) is 0 Å².